The number of aryl methyl sites for hydroxylation is 1. The summed E-state index contributed by atoms with van der Waals surface area (Å²) in [5.41, 5.74) is 3.80. The second kappa shape index (κ2) is 9.92. The van der Waals surface area contributed by atoms with E-state index in [1.807, 2.05) is 24.0 Å². The molecule has 2 aliphatic heterocycles. The Balaban J connectivity index is 1.15. The van der Waals surface area contributed by atoms with E-state index in [1.54, 1.807) is 28.9 Å². The number of pyridine rings is 2. The van der Waals surface area contributed by atoms with E-state index in [0.717, 1.165) is 30.5 Å². The Morgan fingerprint density at radius 1 is 1.15 bits per heavy atom. The number of piperidine rings is 2. The molecule has 10 nitrogen and oxygen atoms in total. The van der Waals surface area contributed by atoms with E-state index >= 15 is 4.39 Å². The van der Waals surface area contributed by atoms with Crippen LogP contribution < -0.4 is 10.1 Å². The number of fused-ring (bicyclic) bond motifs is 5. The zero-order chi connectivity index (χ0) is 28.1. The number of carbonyl (C=O) groups excluding carboxylic acids is 1. The van der Waals surface area contributed by atoms with E-state index < -0.39 is 5.82 Å². The number of benzene rings is 1. The average Bonchev–Trinajstić information content (AvgIpc) is 3.47. The van der Waals surface area contributed by atoms with Gasteiger partial charge in [0.05, 0.1) is 11.2 Å². The summed E-state index contributed by atoms with van der Waals surface area (Å²) in [7, 11) is 0. The number of ether oxygens (including phenoxy) is 1. The third kappa shape index (κ3) is 4.52. The number of amides is 1. The summed E-state index contributed by atoms with van der Waals surface area (Å²) in [6.45, 7) is 6.21. The lowest BCUT2D eigenvalue weighted by Gasteiger charge is -2.49. The second-order valence-corrected chi connectivity index (χ2v) is 10.6. The van der Waals surface area contributed by atoms with Crippen LogP contribution in [0.4, 0.5) is 15.9 Å². The Morgan fingerprint density at radius 2 is 2.05 bits per heavy atom. The number of carbonyl (C=O) groups is 1. The molecular weight excluding hydrogens is 523 g/mol. The van der Waals surface area contributed by atoms with Gasteiger partial charge in [-0.2, -0.15) is 5.10 Å². The van der Waals surface area contributed by atoms with Crippen molar-refractivity contribution in [2.75, 3.05) is 11.9 Å². The van der Waals surface area contributed by atoms with E-state index in [1.165, 1.54) is 24.8 Å². The minimum absolute atomic E-state index is 0.00497. The molecule has 3 atom stereocenters. The van der Waals surface area contributed by atoms with Crippen LogP contribution in [-0.4, -0.2) is 52.9 Å². The first-order chi connectivity index (χ1) is 20.0. The van der Waals surface area contributed by atoms with Crippen LogP contribution in [0.5, 0.6) is 11.5 Å². The summed E-state index contributed by atoms with van der Waals surface area (Å²) >= 11 is 0. The lowest BCUT2D eigenvalue weighted by molar-refractivity contribution is -0.134. The Bertz CT molecular complexity index is 1820. The Morgan fingerprint density at radius 3 is 2.88 bits per heavy atom. The quantitative estimate of drug-likeness (QED) is 0.283. The highest BCUT2D eigenvalue weighted by atomic mass is 19.1. The first-order valence-electron chi connectivity index (χ1n) is 13.6. The Hall–Kier alpha value is -4.93. The van der Waals surface area contributed by atoms with Crippen LogP contribution in [0.25, 0.3) is 16.7 Å². The molecule has 41 heavy (non-hydrogen) atoms. The van der Waals surface area contributed by atoms with E-state index in [0.29, 0.717) is 46.5 Å². The zero-order valence-corrected chi connectivity index (χ0v) is 22.4. The van der Waals surface area contributed by atoms with E-state index in [2.05, 4.69) is 31.9 Å². The van der Waals surface area contributed by atoms with Gasteiger partial charge in [-0.15, -0.1) is 0 Å². The van der Waals surface area contributed by atoms with Crippen molar-refractivity contribution in [1.82, 2.24) is 34.4 Å². The van der Waals surface area contributed by atoms with Crippen molar-refractivity contribution in [3.05, 3.63) is 85.0 Å². The van der Waals surface area contributed by atoms with Crippen molar-refractivity contribution in [2.24, 2.45) is 5.92 Å². The van der Waals surface area contributed by atoms with Crippen LogP contribution in [0.1, 0.15) is 36.4 Å². The number of anilines is 2. The summed E-state index contributed by atoms with van der Waals surface area (Å²) in [5.74, 6) is 1.40. The van der Waals surface area contributed by atoms with E-state index in [4.69, 9.17) is 9.72 Å². The molecule has 3 aliphatic rings. The normalized spacial score (nSPS) is 20.0. The molecule has 6 heterocycles. The van der Waals surface area contributed by atoms with Gasteiger partial charge >= 0.3 is 0 Å². The lowest BCUT2D eigenvalue weighted by atomic mass is 9.70. The van der Waals surface area contributed by atoms with Crippen molar-refractivity contribution >= 4 is 34.1 Å². The SMILES string of the molecule is C=CC(=O)N1C[C@H]2CC[C@@H]1C[C@H]2c1ccc2ncnc(Nc3cc(C)c(Oc4ccn5ncnc5c4)cc3F)c2n1. The van der Waals surface area contributed by atoms with Gasteiger partial charge in [0.15, 0.2) is 11.5 Å². The first kappa shape index (κ1) is 25.1. The number of rotatable bonds is 6. The first-order valence-corrected chi connectivity index (χ1v) is 13.6. The average molecular weight is 551 g/mol. The van der Waals surface area contributed by atoms with Crippen LogP contribution in [0.15, 0.2) is 67.9 Å². The van der Waals surface area contributed by atoms with Gasteiger partial charge in [0.25, 0.3) is 0 Å². The molecule has 206 valence electrons. The highest BCUT2D eigenvalue weighted by molar-refractivity contribution is 5.88. The summed E-state index contributed by atoms with van der Waals surface area (Å²) in [5, 5.41) is 7.21. The van der Waals surface area contributed by atoms with Crippen LogP contribution in [0.3, 0.4) is 0 Å². The van der Waals surface area contributed by atoms with Crippen molar-refractivity contribution in [2.45, 2.75) is 38.1 Å². The van der Waals surface area contributed by atoms with E-state index in [9.17, 15) is 4.79 Å². The maximum absolute atomic E-state index is 15.4. The third-order valence-electron chi connectivity index (χ3n) is 8.18. The van der Waals surface area contributed by atoms with Gasteiger partial charge in [0.1, 0.15) is 35.5 Å². The molecule has 4 aromatic heterocycles. The predicted molar refractivity (Wildman–Crippen MR) is 151 cm³/mol. The molecular formula is C30H27FN8O2. The molecule has 5 aromatic rings. The number of hydrogen-bond donors (Lipinski definition) is 1. The predicted octanol–water partition coefficient (Wildman–Crippen LogP) is 5.33. The molecule has 1 aliphatic carbocycles. The number of halogens is 1. The Kier molecular flexibility index (Phi) is 6.06. The molecule has 11 heteroatoms. The van der Waals surface area contributed by atoms with Crippen molar-refractivity contribution in [1.29, 1.82) is 0 Å². The monoisotopic (exact) mass is 550 g/mol. The minimum atomic E-state index is -0.492. The van der Waals surface area contributed by atoms with Gasteiger partial charge in [-0.1, -0.05) is 6.58 Å². The standard InChI is InChI=1S/C30H27FN8O2/c1-3-28(40)38-14-18-4-5-19(38)11-21(18)23-6-7-24-29(36-23)30(34-15-32-24)37-25-10-17(2)26(13-22(25)31)41-20-8-9-39-27(12-20)33-16-35-39/h3,6-10,12-13,15-16,18-19,21H,1,4-5,11,14H2,2H3,(H,32,34,37)/t18-,19-,21-/m1/s1. The maximum Gasteiger partial charge on any atom is 0.246 e. The molecule has 2 bridgehead atoms. The molecule has 0 spiro atoms. The minimum Gasteiger partial charge on any atom is -0.457 e. The van der Waals surface area contributed by atoms with Gasteiger partial charge in [0, 0.05) is 42.5 Å². The number of aromatic nitrogens is 6. The summed E-state index contributed by atoms with van der Waals surface area (Å²) < 4.78 is 22.9. The van der Waals surface area contributed by atoms with Crippen LogP contribution >= 0.6 is 0 Å². The highest BCUT2D eigenvalue weighted by Gasteiger charge is 2.42. The molecule has 3 fully saturated rings. The Labute approximate surface area is 234 Å². The van der Waals surface area contributed by atoms with Gasteiger partial charge in [-0.05, 0) is 68.0 Å². The topological polar surface area (TPSA) is 110 Å². The van der Waals surface area contributed by atoms with Gasteiger partial charge in [-0.25, -0.2) is 28.8 Å². The number of nitrogens with one attached hydrogen (secondary N) is 1. The van der Waals surface area contributed by atoms with Gasteiger partial charge in [0.2, 0.25) is 5.91 Å². The second-order valence-electron chi connectivity index (χ2n) is 10.6. The summed E-state index contributed by atoms with van der Waals surface area (Å²) in [4.78, 5) is 32.2. The number of hydrogen-bond acceptors (Lipinski definition) is 8. The molecule has 0 radical (unpaired) electrons. The summed E-state index contributed by atoms with van der Waals surface area (Å²) in [6, 6.07) is 10.6. The van der Waals surface area contributed by atoms with Gasteiger partial charge < -0.3 is 15.0 Å². The fourth-order valence-electron chi connectivity index (χ4n) is 6.10. The maximum atomic E-state index is 15.4. The fourth-order valence-corrected chi connectivity index (χ4v) is 6.10. The fraction of sp³-hybridized carbons (Fsp3) is 0.267. The van der Waals surface area contributed by atoms with Gasteiger partial charge in [-0.3, -0.25) is 4.79 Å². The van der Waals surface area contributed by atoms with Crippen LogP contribution in [0, 0.1) is 18.7 Å². The number of nitrogens with zero attached hydrogens (tertiary/aromatic N) is 7. The molecule has 2 saturated heterocycles. The van der Waals surface area contributed by atoms with Crippen molar-refractivity contribution in [3.8, 4) is 11.5 Å². The molecule has 1 saturated carbocycles. The smallest absolute Gasteiger partial charge is 0.246 e. The largest absolute Gasteiger partial charge is 0.457 e. The molecule has 0 unspecified atom stereocenters. The molecule has 1 amide bonds. The molecule has 1 N–H and O–H groups in total. The van der Waals surface area contributed by atoms with Crippen LogP contribution in [0.2, 0.25) is 0 Å². The lowest BCUT2D eigenvalue weighted by Crippen LogP contribution is -2.53. The van der Waals surface area contributed by atoms with E-state index in [-0.39, 0.29) is 23.6 Å². The summed E-state index contributed by atoms with van der Waals surface area (Å²) in [6.07, 6.45) is 8.94. The van der Waals surface area contributed by atoms with Crippen molar-refractivity contribution in [3.63, 3.8) is 0 Å². The van der Waals surface area contributed by atoms with Crippen molar-refractivity contribution < 1.29 is 13.9 Å². The zero-order valence-electron chi connectivity index (χ0n) is 22.4. The van der Waals surface area contributed by atoms with Crippen LogP contribution in [-0.2, 0) is 4.79 Å². The highest BCUT2D eigenvalue weighted by Crippen LogP contribution is 2.45. The third-order valence-corrected chi connectivity index (χ3v) is 8.18. The molecule has 1 aromatic carbocycles. The molecule has 8 rings (SSSR count).